The van der Waals surface area contributed by atoms with Crippen molar-refractivity contribution >= 4 is 0 Å². The molecule has 0 radical (unpaired) electrons. The molecule has 3 rings (SSSR count). The first-order valence-corrected chi connectivity index (χ1v) is 8.86. The molecule has 0 heterocycles. The van der Waals surface area contributed by atoms with Gasteiger partial charge in [0.15, 0.2) is 0 Å². The van der Waals surface area contributed by atoms with E-state index in [0.717, 1.165) is 13.1 Å². The fourth-order valence-corrected chi connectivity index (χ4v) is 3.16. The Morgan fingerprint density at radius 3 is 1.56 bits per heavy atom. The maximum atomic E-state index is 2.53. The van der Waals surface area contributed by atoms with Crippen LogP contribution in [0.4, 0.5) is 0 Å². The molecule has 1 unspecified atom stereocenters. The minimum atomic E-state index is 0.256. The molecule has 0 amide bonds. The van der Waals surface area contributed by atoms with Crippen molar-refractivity contribution in [3.05, 3.63) is 120 Å². The van der Waals surface area contributed by atoms with E-state index in [1.54, 1.807) is 0 Å². The average Bonchev–Trinajstić information content (AvgIpc) is 2.68. The first-order valence-electron chi connectivity index (χ1n) is 8.86. The van der Waals surface area contributed by atoms with E-state index >= 15 is 0 Å². The first kappa shape index (κ1) is 17.2. The molecule has 0 fully saturated rings. The molecule has 0 bridgehead atoms. The lowest BCUT2D eigenvalue weighted by Gasteiger charge is -2.30. The molecule has 0 aliphatic rings. The second kappa shape index (κ2) is 9.00. The molecule has 126 valence electrons. The van der Waals surface area contributed by atoms with Gasteiger partial charge in [-0.1, -0.05) is 103 Å². The summed E-state index contributed by atoms with van der Waals surface area (Å²) in [6.45, 7) is 3.93. The van der Waals surface area contributed by atoms with Gasteiger partial charge >= 0.3 is 0 Å². The van der Waals surface area contributed by atoms with Crippen LogP contribution in [0.1, 0.15) is 29.7 Å². The molecule has 3 aromatic rings. The van der Waals surface area contributed by atoms with Crippen LogP contribution in [-0.4, -0.2) is 4.90 Å². The number of allylic oxidation sites excluding steroid dienone is 1. The lowest BCUT2D eigenvalue weighted by atomic mass is 10.0. The third-order valence-corrected chi connectivity index (χ3v) is 4.37. The van der Waals surface area contributed by atoms with Gasteiger partial charge in [-0.05, 0) is 23.6 Å². The Hall–Kier alpha value is -2.64. The zero-order chi connectivity index (χ0) is 17.3. The molecule has 0 aromatic heterocycles. The lowest BCUT2D eigenvalue weighted by molar-refractivity contribution is 0.212. The molecule has 0 aliphatic heterocycles. The molecule has 1 atom stereocenters. The SMILES string of the molecule is C/C=C\C(c1ccccc1)N(Cc1ccccc1)Cc1ccccc1. The van der Waals surface area contributed by atoms with Crippen LogP contribution in [-0.2, 0) is 13.1 Å². The van der Waals surface area contributed by atoms with Gasteiger partial charge in [-0.25, -0.2) is 0 Å². The van der Waals surface area contributed by atoms with Gasteiger partial charge < -0.3 is 0 Å². The summed E-state index contributed by atoms with van der Waals surface area (Å²) in [4.78, 5) is 2.53. The van der Waals surface area contributed by atoms with Crippen LogP contribution in [0.2, 0.25) is 0 Å². The van der Waals surface area contributed by atoms with Crippen LogP contribution < -0.4 is 0 Å². The Morgan fingerprint density at radius 2 is 1.12 bits per heavy atom. The number of hydrogen-bond acceptors (Lipinski definition) is 1. The van der Waals surface area contributed by atoms with Crippen molar-refractivity contribution in [3.8, 4) is 0 Å². The predicted octanol–water partition coefficient (Wildman–Crippen LogP) is 6.01. The summed E-state index contributed by atoms with van der Waals surface area (Å²) in [7, 11) is 0. The zero-order valence-corrected chi connectivity index (χ0v) is 14.8. The molecule has 25 heavy (non-hydrogen) atoms. The summed E-state index contributed by atoms with van der Waals surface area (Å²) in [5, 5.41) is 0. The maximum absolute atomic E-state index is 2.53. The second-order valence-corrected chi connectivity index (χ2v) is 6.26. The van der Waals surface area contributed by atoms with Crippen LogP contribution in [0.25, 0.3) is 0 Å². The number of nitrogens with zero attached hydrogens (tertiary/aromatic N) is 1. The highest BCUT2D eigenvalue weighted by Gasteiger charge is 2.18. The van der Waals surface area contributed by atoms with Crippen LogP contribution in [0.3, 0.4) is 0 Å². The Bertz CT molecular complexity index is 721. The van der Waals surface area contributed by atoms with Gasteiger partial charge in [-0.2, -0.15) is 0 Å². The summed E-state index contributed by atoms with van der Waals surface area (Å²) in [6.07, 6.45) is 4.45. The smallest absolute Gasteiger partial charge is 0.0538 e. The summed E-state index contributed by atoms with van der Waals surface area (Å²) in [5.41, 5.74) is 4.00. The summed E-state index contributed by atoms with van der Waals surface area (Å²) in [5.74, 6) is 0. The standard InChI is InChI=1S/C24H25N/c1-2-12-24(23-17-10-5-11-18-23)25(19-21-13-6-3-7-14-21)20-22-15-8-4-9-16-22/h2-18,24H,19-20H2,1H3/b12-2-. The molecule has 1 heteroatoms. The van der Waals surface area contributed by atoms with Gasteiger partial charge in [0.1, 0.15) is 0 Å². The van der Waals surface area contributed by atoms with E-state index in [9.17, 15) is 0 Å². The fraction of sp³-hybridized carbons (Fsp3) is 0.167. The Balaban J connectivity index is 1.92. The summed E-state index contributed by atoms with van der Waals surface area (Å²) < 4.78 is 0. The first-order chi connectivity index (χ1) is 12.4. The Labute approximate surface area is 151 Å². The Kier molecular flexibility index (Phi) is 6.19. The minimum absolute atomic E-state index is 0.256. The normalized spacial score (nSPS) is 12.6. The van der Waals surface area contributed by atoms with E-state index in [1.165, 1.54) is 16.7 Å². The quantitative estimate of drug-likeness (QED) is 0.481. The van der Waals surface area contributed by atoms with Crippen molar-refractivity contribution in [2.24, 2.45) is 0 Å². The van der Waals surface area contributed by atoms with Gasteiger partial charge in [0.25, 0.3) is 0 Å². The third-order valence-electron chi connectivity index (χ3n) is 4.37. The molecular weight excluding hydrogens is 302 g/mol. The number of rotatable bonds is 7. The van der Waals surface area contributed by atoms with Gasteiger partial charge in [0.05, 0.1) is 6.04 Å². The zero-order valence-electron chi connectivity index (χ0n) is 14.8. The van der Waals surface area contributed by atoms with Crippen molar-refractivity contribution in [1.82, 2.24) is 4.90 Å². The van der Waals surface area contributed by atoms with E-state index in [-0.39, 0.29) is 6.04 Å². The topological polar surface area (TPSA) is 3.24 Å². The second-order valence-electron chi connectivity index (χ2n) is 6.26. The molecule has 0 aliphatic carbocycles. The minimum Gasteiger partial charge on any atom is -0.284 e. The predicted molar refractivity (Wildman–Crippen MR) is 106 cm³/mol. The number of benzene rings is 3. The largest absolute Gasteiger partial charge is 0.284 e. The van der Waals surface area contributed by atoms with Crippen LogP contribution in [0, 0.1) is 0 Å². The van der Waals surface area contributed by atoms with Crippen LogP contribution in [0.5, 0.6) is 0 Å². The molecule has 1 nitrogen and oxygen atoms in total. The van der Waals surface area contributed by atoms with Crippen molar-refractivity contribution in [3.63, 3.8) is 0 Å². The highest BCUT2D eigenvalue weighted by Crippen LogP contribution is 2.26. The van der Waals surface area contributed by atoms with Crippen LogP contribution in [0.15, 0.2) is 103 Å². The summed E-state index contributed by atoms with van der Waals surface area (Å²) in [6, 6.07) is 32.4. The van der Waals surface area contributed by atoms with E-state index in [2.05, 4.69) is 115 Å². The molecule has 0 spiro atoms. The molecule has 0 N–H and O–H groups in total. The fourth-order valence-electron chi connectivity index (χ4n) is 3.16. The number of hydrogen-bond donors (Lipinski definition) is 0. The van der Waals surface area contributed by atoms with Gasteiger partial charge in [0, 0.05) is 13.1 Å². The molecule has 0 saturated carbocycles. The lowest BCUT2D eigenvalue weighted by Crippen LogP contribution is -2.27. The van der Waals surface area contributed by atoms with Gasteiger partial charge in [-0.3, -0.25) is 4.90 Å². The van der Waals surface area contributed by atoms with Crippen molar-refractivity contribution in [2.75, 3.05) is 0 Å². The highest BCUT2D eigenvalue weighted by atomic mass is 15.1. The Morgan fingerprint density at radius 1 is 0.680 bits per heavy atom. The van der Waals surface area contributed by atoms with Gasteiger partial charge in [0.2, 0.25) is 0 Å². The molecule has 0 saturated heterocycles. The average molecular weight is 327 g/mol. The highest BCUT2D eigenvalue weighted by molar-refractivity contribution is 5.25. The van der Waals surface area contributed by atoms with E-state index in [0.29, 0.717) is 0 Å². The summed E-state index contributed by atoms with van der Waals surface area (Å²) >= 11 is 0. The maximum Gasteiger partial charge on any atom is 0.0538 e. The van der Waals surface area contributed by atoms with Gasteiger partial charge in [-0.15, -0.1) is 0 Å². The van der Waals surface area contributed by atoms with E-state index in [4.69, 9.17) is 0 Å². The van der Waals surface area contributed by atoms with E-state index < -0.39 is 0 Å². The molecule has 3 aromatic carbocycles. The molecular formula is C24H25N. The van der Waals surface area contributed by atoms with Crippen LogP contribution >= 0.6 is 0 Å². The third kappa shape index (κ3) is 4.91. The monoisotopic (exact) mass is 327 g/mol. The van der Waals surface area contributed by atoms with Crippen molar-refractivity contribution < 1.29 is 0 Å². The van der Waals surface area contributed by atoms with E-state index in [1.807, 2.05) is 0 Å². The van der Waals surface area contributed by atoms with Crippen molar-refractivity contribution in [2.45, 2.75) is 26.1 Å². The van der Waals surface area contributed by atoms with Crippen molar-refractivity contribution in [1.29, 1.82) is 0 Å².